The molecule has 0 saturated heterocycles. The standard InChI is InChI=1S/C18H24N2O2/c1-2-19-18(21)20-13-6-3-7-14-22-17-12-8-10-15-9-4-5-11-16(15)17/h4-5,8-12H,2-3,6-7,13-14H2,1H3,(H2,19,20,21). The topological polar surface area (TPSA) is 50.4 Å². The molecule has 0 unspecified atom stereocenters. The van der Waals surface area contributed by atoms with Gasteiger partial charge in [-0.3, -0.25) is 0 Å². The second kappa shape index (κ2) is 8.93. The first-order valence-corrected chi connectivity index (χ1v) is 7.93. The zero-order valence-corrected chi connectivity index (χ0v) is 13.1. The van der Waals surface area contributed by atoms with Gasteiger partial charge in [0.25, 0.3) is 0 Å². The number of rotatable bonds is 8. The van der Waals surface area contributed by atoms with Crippen LogP contribution in [0, 0.1) is 0 Å². The second-order valence-electron chi connectivity index (χ2n) is 5.17. The highest BCUT2D eigenvalue weighted by molar-refractivity contribution is 5.88. The zero-order valence-electron chi connectivity index (χ0n) is 13.1. The Bertz CT molecular complexity index is 593. The number of hydrogen-bond donors (Lipinski definition) is 2. The molecule has 0 fully saturated rings. The molecule has 0 atom stereocenters. The number of carbonyl (C=O) groups is 1. The van der Waals surface area contributed by atoms with Crippen LogP contribution in [0.25, 0.3) is 10.8 Å². The Morgan fingerprint density at radius 2 is 1.82 bits per heavy atom. The monoisotopic (exact) mass is 300 g/mol. The number of urea groups is 1. The summed E-state index contributed by atoms with van der Waals surface area (Å²) < 4.78 is 5.89. The molecule has 2 aromatic carbocycles. The molecule has 2 rings (SSSR count). The summed E-state index contributed by atoms with van der Waals surface area (Å²) in [5.74, 6) is 0.943. The van der Waals surface area contributed by atoms with Crippen LogP contribution in [-0.2, 0) is 0 Å². The molecule has 2 amide bonds. The summed E-state index contributed by atoms with van der Waals surface area (Å²) in [7, 11) is 0. The van der Waals surface area contributed by atoms with E-state index >= 15 is 0 Å². The highest BCUT2D eigenvalue weighted by Crippen LogP contribution is 2.25. The minimum atomic E-state index is -0.0884. The average Bonchev–Trinajstić information content (AvgIpc) is 2.54. The van der Waals surface area contributed by atoms with E-state index in [1.165, 1.54) is 5.39 Å². The van der Waals surface area contributed by atoms with Gasteiger partial charge in [-0.1, -0.05) is 36.4 Å². The van der Waals surface area contributed by atoms with E-state index in [0.717, 1.165) is 30.4 Å². The molecule has 0 radical (unpaired) electrons. The van der Waals surface area contributed by atoms with Crippen LogP contribution in [0.2, 0.25) is 0 Å². The van der Waals surface area contributed by atoms with Crippen LogP contribution >= 0.6 is 0 Å². The first-order chi connectivity index (χ1) is 10.8. The number of amides is 2. The van der Waals surface area contributed by atoms with E-state index in [9.17, 15) is 4.79 Å². The van der Waals surface area contributed by atoms with Gasteiger partial charge >= 0.3 is 6.03 Å². The number of hydrogen-bond acceptors (Lipinski definition) is 2. The average molecular weight is 300 g/mol. The molecule has 2 aromatic rings. The molecule has 4 nitrogen and oxygen atoms in total. The van der Waals surface area contributed by atoms with E-state index in [0.29, 0.717) is 19.7 Å². The predicted octanol–water partition coefficient (Wildman–Crippen LogP) is 3.71. The van der Waals surface area contributed by atoms with E-state index in [1.54, 1.807) is 0 Å². The number of unbranched alkanes of at least 4 members (excludes halogenated alkanes) is 2. The highest BCUT2D eigenvalue weighted by Gasteiger charge is 2.01. The van der Waals surface area contributed by atoms with Gasteiger partial charge in [-0.2, -0.15) is 0 Å². The SMILES string of the molecule is CCNC(=O)NCCCCCOc1cccc2ccccc12. The molecule has 0 aliphatic heterocycles. The van der Waals surface area contributed by atoms with Crippen molar-refractivity contribution in [1.82, 2.24) is 10.6 Å². The summed E-state index contributed by atoms with van der Waals surface area (Å²) in [6.07, 6.45) is 2.99. The van der Waals surface area contributed by atoms with E-state index < -0.39 is 0 Å². The maximum Gasteiger partial charge on any atom is 0.314 e. The molecule has 4 heteroatoms. The highest BCUT2D eigenvalue weighted by atomic mass is 16.5. The van der Waals surface area contributed by atoms with Crippen molar-refractivity contribution in [3.8, 4) is 5.75 Å². The summed E-state index contributed by atoms with van der Waals surface area (Å²) in [6.45, 7) is 3.98. The lowest BCUT2D eigenvalue weighted by molar-refractivity contribution is 0.241. The van der Waals surface area contributed by atoms with Crippen LogP contribution in [0.3, 0.4) is 0 Å². The first-order valence-electron chi connectivity index (χ1n) is 7.93. The molecule has 0 aliphatic carbocycles. The molecule has 22 heavy (non-hydrogen) atoms. The molecule has 2 N–H and O–H groups in total. The minimum Gasteiger partial charge on any atom is -0.493 e. The van der Waals surface area contributed by atoms with E-state index in [4.69, 9.17) is 4.74 Å². The number of nitrogens with one attached hydrogen (secondary N) is 2. The Morgan fingerprint density at radius 1 is 1.00 bits per heavy atom. The lowest BCUT2D eigenvalue weighted by Gasteiger charge is -2.09. The van der Waals surface area contributed by atoms with Crippen LogP contribution in [0.5, 0.6) is 5.75 Å². The van der Waals surface area contributed by atoms with Crippen LogP contribution in [-0.4, -0.2) is 25.7 Å². The fraction of sp³-hybridized carbons (Fsp3) is 0.389. The maximum absolute atomic E-state index is 11.2. The van der Waals surface area contributed by atoms with Crippen LogP contribution in [0.4, 0.5) is 4.79 Å². The fourth-order valence-corrected chi connectivity index (χ4v) is 2.33. The molecule has 118 valence electrons. The number of ether oxygens (including phenoxy) is 1. The second-order valence-corrected chi connectivity index (χ2v) is 5.17. The quantitative estimate of drug-likeness (QED) is 0.730. The summed E-state index contributed by atoms with van der Waals surface area (Å²) in [4.78, 5) is 11.2. The molecular weight excluding hydrogens is 276 g/mol. The van der Waals surface area contributed by atoms with Crippen molar-refractivity contribution in [3.05, 3.63) is 42.5 Å². The van der Waals surface area contributed by atoms with Gasteiger partial charge in [0, 0.05) is 18.5 Å². The van der Waals surface area contributed by atoms with E-state index in [-0.39, 0.29) is 6.03 Å². The third kappa shape index (κ3) is 4.95. The van der Waals surface area contributed by atoms with Crippen LogP contribution in [0.1, 0.15) is 26.2 Å². The Labute approximate surface area is 131 Å². The van der Waals surface area contributed by atoms with Crippen molar-refractivity contribution in [3.63, 3.8) is 0 Å². The molecule has 0 spiro atoms. The Hall–Kier alpha value is -2.23. The number of carbonyl (C=O) groups excluding carboxylic acids is 1. The van der Waals surface area contributed by atoms with Crippen molar-refractivity contribution in [2.45, 2.75) is 26.2 Å². The minimum absolute atomic E-state index is 0.0884. The van der Waals surface area contributed by atoms with Gasteiger partial charge < -0.3 is 15.4 Å². The fourth-order valence-electron chi connectivity index (χ4n) is 2.33. The van der Waals surface area contributed by atoms with Crippen molar-refractivity contribution < 1.29 is 9.53 Å². The van der Waals surface area contributed by atoms with Crippen molar-refractivity contribution in [2.75, 3.05) is 19.7 Å². The van der Waals surface area contributed by atoms with Gasteiger partial charge in [0.15, 0.2) is 0 Å². The van der Waals surface area contributed by atoms with Gasteiger partial charge in [-0.25, -0.2) is 4.79 Å². The summed E-state index contributed by atoms with van der Waals surface area (Å²) in [6, 6.07) is 14.3. The van der Waals surface area contributed by atoms with Crippen LogP contribution < -0.4 is 15.4 Å². The van der Waals surface area contributed by atoms with Gasteiger partial charge in [0.2, 0.25) is 0 Å². The summed E-state index contributed by atoms with van der Waals surface area (Å²) >= 11 is 0. The normalized spacial score (nSPS) is 10.4. The third-order valence-corrected chi connectivity index (χ3v) is 3.45. The summed E-state index contributed by atoms with van der Waals surface area (Å²) in [5.41, 5.74) is 0. The lowest BCUT2D eigenvalue weighted by Crippen LogP contribution is -2.35. The molecule has 0 aliphatic rings. The largest absolute Gasteiger partial charge is 0.493 e. The zero-order chi connectivity index (χ0) is 15.6. The molecule has 0 bridgehead atoms. The van der Waals surface area contributed by atoms with Crippen molar-refractivity contribution >= 4 is 16.8 Å². The van der Waals surface area contributed by atoms with E-state index in [1.807, 2.05) is 31.2 Å². The van der Waals surface area contributed by atoms with Crippen molar-refractivity contribution in [1.29, 1.82) is 0 Å². The Kier molecular flexibility index (Phi) is 6.55. The third-order valence-electron chi connectivity index (χ3n) is 3.45. The lowest BCUT2D eigenvalue weighted by atomic mass is 10.1. The molecule has 0 saturated carbocycles. The van der Waals surface area contributed by atoms with Crippen LogP contribution in [0.15, 0.2) is 42.5 Å². The van der Waals surface area contributed by atoms with Gasteiger partial charge in [0.05, 0.1) is 6.61 Å². The molecular formula is C18H24N2O2. The van der Waals surface area contributed by atoms with Gasteiger partial charge in [0.1, 0.15) is 5.75 Å². The van der Waals surface area contributed by atoms with Gasteiger partial charge in [-0.05, 0) is 37.6 Å². The Morgan fingerprint density at radius 3 is 2.68 bits per heavy atom. The smallest absolute Gasteiger partial charge is 0.314 e. The number of benzene rings is 2. The Balaban J connectivity index is 1.65. The van der Waals surface area contributed by atoms with Crippen molar-refractivity contribution in [2.24, 2.45) is 0 Å². The summed E-state index contributed by atoms with van der Waals surface area (Å²) in [5, 5.41) is 7.89. The molecule has 0 aromatic heterocycles. The number of fused-ring (bicyclic) bond motifs is 1. The first kappa shape index (κ1) is 16.1. The predicted molar refractivity (Wildman–Crippen MR) is 90.4 cm³/mol. The van der Waals surface area contributed by atoms with Gasteiger partial charge in [-0.15, -0.1) is 0 Å². The molecule has 0 heterocycles. The maximum atomic E-state index is 11.2. The van der Waals surface area contributed by atoms with E-state index in [2.05, 4.69) is 28.8 Å².